The van der Waals surface area contributed by atoms with E-state index in [0.717, 1.165) is 30.9 Å². The molecule has 0 amide bonds. The van der Waals surface area contributed by atoms with E-state index in [0.29, 0.717) is 6.04 Å². The summed E-state index contributed by atoms with van der Waals surface area (Å²) < 4.78 is 7.82. The quantitative estimate of drug-likeness (QED) is 0.940. The van der Waals surface area contributed by atoms with Gasteiger partial charge in [-0.05, 0) is 31.7 Å². The van der Waals surface area contributed by atoms with E-state index in [1.807, 2.05) is 24.9 Å². The minimum atomic E-state index is 0.277. The molecule has 1 aliphatic rings. The highest BCUT2D eigenvalue weighted by Crippen LogP contribution is 2.42. The monoisotopic (exact) mass is 287 g/mol. The summed E-state index contributed by atoms with van der Waals surface area (Å²) in [6.07, 6.45) is 4.12. The summed E-state index contributed by atoms with van der Waals surface area (Å²) in [7, 11) is 1.99. The lowest BCUT2D eigenvalue weighted by molar-refractivity contribution is 0.233. The van der Waals surface area contributed by atoms with Crippen LogP contribution in [0.4, 0.5) is 0 Å². The van der Waals surface area contributed by atoms with E-state index in [1.165, 1.54) is 16.8 Å². The lowest BCUT2D eigenvalue weighted by atomic mass is 9.74. The van der Waals surface area contributed by atoms with Crippen LogP contribution in [0.3, 0.4) is 0 Å². The van der Waals surface area contributed by atoms with E-state index < -0.39 is 0 Å². The van der Waals surface area contributed by atoms with Crippen molar-refractivity contribution < 1.29 is 4.42 Å². The highest BCUT2D eigenvalue weighted by molar-refractivity contribution is 5.29. The van der Waals surface area contributed by atoms with Crippen LogP contribution in [0.2, 0.25) is 0 Å². The lowest BCUT2D eigenvalue weighted by Crippen LogP contribution is -2.32. The van der Waals surface area contributed by atoms with Crippen LogP contribution in [-0.2, 0) is 20.0 Å². The third-order valence-corrected chi connectivity index (χ3v) is 4.61. The first kappa shape index (κ1) is 14.4. The molecule has 114 valence electrons. The molecule has 4 heteroatoms. The summed E-state index contributed by atoms with van der Waals surface area (Å²) in [5.41, 5.74) is 4.11. The Morgan fingerprint density at radius 2 is 2.19 bits per heavy atom. The Labute approximate surface area is 126 Å². The van der Waals surface area contributed by atoms with E-state index in [4.69, 9.17) is 4.42 Å². The molecule has 1 N–H and O–H groups in total. The maximum absolute atomic E-state index is 5.90. The molecule has 2 heterocycles. The minimum Gasteiger partial charge on any atom is -0.466 e. The Hall–Kier alpha value is -1.55. The van der Waals surface area contributed by atoms with E-state index in [1.54, 1.807) is 0 Å². The fourth-order valence-corrected chi connectivity index (χ4v) is 3.32. The van der Waals surface area contributed by atoms with Crippen LogP contribution in [0, 0.1) is 19.3 Å². The number of nitrogens with zero attached hydrogens (tertiary/aromatic N) is 2. The summed E-state index contributed by atoms with van der Waals surface area (Å²) in [5.74, 6) is 2.17. The van der Waals surface area contributed by atoms with Crippen molar-refractivity contribution >= 4 is 0 Å². The molecule has 21 heavy (non-hydrogen) atoms. The molecule has 3 rings (SSSR count). The minimum absolute atomic E-state index is 0.277. The lowest BCUT2D eigenvalue weighted by Gasteiger charge is -2.34. The van der Waals surface area contributed by atoms with Gasteiger partial charge in [0.25, 0.3) is 0 Å². The number of rotatable bonds is 3. The highest BCUT2D eigenvalue weighted by atomic mass is 16.3. The number of aryl methyl sites for hydroxylation is 2. The Morgan fingerprint density at radius 3 is 2.86 bits per heavy atom. The topological polar surface area (TPSA) is 43.0 Å². The second kappa shape index (κ2) is 5.02. The Balaban J connectivity index is 1.80. The molecule has 0 radical (unpaired) electrons. The molecular weight excluding hydrogens is 262 g/mol. The van der Waals surface area contributed by atoms with Crippen LogP contribution in [0.25, 0.3) is 0 Å². The van der Waals surface area contributed by atoms with Crippen molar-refractivity contribution in [1.29, 1.82) is 0 Å². The van der Waals surface area contributed by atoms with Gasteiger partial charge in [-0.1, -0.05) is 13.8 Å². The van der Waals surface area contributed by atoms with Gasteiger partial charge in [0.1, 0.15) is 11.5 Å². The van der Waals surface area contributed by atoms with Crippen molar-refractivity contribution in [2.24, 2.45) is 12.5 Å². The van der Waals surface area contributed by atoms with Crippen LogP contribution >= 0.6 is 0 Å². The zero-order valence-electron chi connectivity index (χ0n) is 13.7. The molecule has 1 atom stereocenters. The Kier molecular flexibility index (Phi) is 3.44. The number of nitrogens with one attached hydrogen (secondary N) is 1. The summed E-state index contributed by atoms with van der Waals surface area (Å²) in [6, 6.07) is 2.55. The first-order valence-corrected chi connectivity index (χ1v) is 7.66. The normalized spacial score (nSPS) is 20.5. The van der Waals surface area contributed by atoms with Crippen molar-refractivity contribution in [3.63, 3.8) is 0 Å². The summed E-state index contributed by atoms with van der Waals surface area (Å²) in [5, 5.41) is 8.02. The molecule has 0 saturated carbocycles. The highest BCUT2D eigenvalue weighted by Gasteiger charge is 2.34. The van der Waals surface area contributed by atoms with Crippen molar-refractivity contribution in [3.8, 4) is 0 Å². The van der Waals surface area contributed by atoms with Gasteiger partial charge in [-0.2, -0.15) is 5.10 Å². The molecule has 0 aromatic carbocycles. The average Bonchev–Trinajstić information content (AvgIpc) is 2.90. The second-order valence-electron chi connectivity index (χ2n) is 7.09. The van der Waals surface area contributed by atoms with Crippen LogP contribution in [0.15, 0.2) is 16.7 Å². The molecule has 0 bridgehead atoms. The predicted octanol–water partition coefficient (Wildman–Crippen LogP) is 3.43. The average molecular weight is 287 g/mol. The molecular formula is C17H25N3O. The predicted molar refractivity (Wildman–Crippen MR) is 83.1 cm³/mol. The van der Waals surface area contributed by atoms with Gasteiger partial charge in [0.05, 0.1) is 6.20 Å². The van der Waals surface area contributed by atoms with Gasteiger partial charge in [0.2, 0.25) is 0 Å². The SMILES string of the molecule is Cc1cc2c(o1)CC(C)(C)CC2NCc1cnn(C)c1C. The molecule has 1 unspecified atom stereocenters. The smallest absolute Gasteiger partial charge is 0.109 e. The number of aromatic nitrogens is 2. The van der Waals surface area contributed by atoms with Gasteiger partial charge in [0, 0.05) is 42.9 Å². The van der Waals surface area contributed by atoms with E-state index in [-0.39, 0.29) is 5.41 Å². The fraction of sp³-hybridized carbons (Fsp3) is 0.588. The van der Waals surface area contributed by atoms with Gasteiger partial charge in [-0.15, -0.1) is 0 Å². The van der Waals surface area contributed by atoms with Gasteiger partial charge in [-0.25, -0.2) is 0 Å². The number of furan rings is 1. The largest absolute Gasteiger partial charge is 0.466 e. The molecule has 0 saturated heterocycles. The van der Waals surface area contributed by atoms with Crippen LogP contribution in [0.5, 0.6) is 0 Å². The molecule has 4 nitrogen and oxygen atoms in total. The molecule has 2 aromatic heterocycles. The maximum atomic E-state index is 5.90. The Morgan fingerprint density at radius 1 is 1.43 bits per heavy atom. The zero-order chi connectivity index (χ0) is 15.2. The third kappa shape index (κ3) is 2.77. The maximum Gasteiger partial charge on any atom is 0.109 e. The van der Waals surface area contributed by atoms with Crippen LogP contribution in [0.1, 0.15) is 54.7 Å². The number of fused-ring (bicyclic) bond motifs is 1. The molecule has 1 aliphatic carbocycles. The summed E-state index contributed by atoms with van der Waals surface area (Å²) in [6.45, 7) is 9.63. The van der Waals surface area contributed by atoms with Crippen LogP contribution in [-0.4, -0.2) is 9.78 Å². The summed E-state index contributed by atoms with van der Waals surface area (Å²) >= 11 is 0. The molecule has 2 aromatic rings. The number of hydrogen-bond acceptors (Lipinski definition) is 3. The van der Waals surface area contributed by atoms with E-state index in [9.17, 15) is 0 Å². The standard InChI is InChI=1S/C17H25N3O/c1-11-6-14-15(7-17(3,4)8-16(14)21-11)18-9-13-10-19-20(5)12(13)2/h6,10,15,18H,7-9H2,1-5H3. The van der Waals surface area contributed by atoms with Gasteiger partial charge in [0.15, 0.2) is 0 Å². The van der Waals surface area contributed by atoms with Crippen molar-refractivity contribution in [3.05, 3.63) is 40.6 Å². The van der Waals surface area contributed by atoms with Crippen molar-refractivity contribution in [2.45, 2.75) is 53.1 Å². The van der Waals surface area contributed by atoms with E-state index in [2.05, 4.69) is 37.3 Å². The summed E-state index contributed by atoms with van der Waals surface area (Å²) in [4.78, 5) is 0. The van der Waals surface area contributed by atoms with E-state index >= 15 is 0 Å². The van der Waals surface area contributed by atoms with Gasteiger partial charge < -0.3 is 9.73 Å². The first-order chi connectivity index (χ1) is 9.85. The van der Waals surface area contributed by atoms with Gasteiger partial charge >= 0.3 is 0 Å². The van der Waals surface area contributed by atoms with Crippen molar-refractivity contribution in [2.75, 3.05) is 0 Å². The number of hydrogen-bond donors (Lipinski definition) is 1. The molecule has 0 fully saturated rings. The second-order valence-corrected chi connectivity index (χ2v) is 7.09. The van der Waals surface area contributed by atoms with Crippen LogP contribution < -0.4 is 5.32 Å². The first-order valence-electron chi connectivity index (χ1n) is 7.66. The Bertz CT molecular complexity index is 651. The van der Waals surface area contributed by atoms with Crippen molar-refractivity contribution in [1.82, 2.24) is 15.1 Å². The third-order valence-electron chi connectivity index (χ3n) is 4.61. The fourth-order valence-electron chi connectivity index (χ4n) is 3.32. The molecule has 0 aliphatic heterocycles. The van der Waals surface area contributed by atoms with Gasteiger partial charge in [-0.3, -0.25) is 4.68 Å². The molecule has 0 spiro atoms. The zero-order valence-corrected chi connectivity index (χ0v) is 13.7.